The zero-order valence-corrected chi connectivity index (χ0v) is 13.3. The SMILES string of the molecule is CC1CCCC1CNc1ccccc1S(=O)(=O)NC1CC1. The van der Waals surface area contributed by atoms with Crippen molar-refractivity contribution >= 4 is 15.7 Å². The summed E-state index contributed by atoms with van der Waals surface area (Å²) in [6, 6.07) is 7.35. The molecule has 0 aromatic heterocycles. The number of sulfonamides is 1. The highest BCUT2D eigenvalue weighted by Gasteiger charge is 2.29. The van der Waals surface area contributed by atoms with Crippen molar-refractivity contribution in [3.05, 3.63) is 24.3 Å². The first-order valence-corrected chi connectivity index (χ1v) is 9.40. The predicted molar refractivity (Wildman–Crippen MR) is 84.8 cm³/mol. The van der Waals surface area contributed by atoms with Crippen LogP contribution >= 0.6 is 0 Å². The molecule has 2 atom stereocenters. The van der Waals surface area contributed by atoms with Gasteiger partial charge in [-0.2, -0.15) is 0 Å². The molecule has 1 aromatic rings. The van der Waals surface area contributed by atoms with Crippen LogP contribution in [-0.2, 0) is 10.0 Å². The Balaban J connectivity index is 1.72. The van der Waals surface area contributed by atoms with E-state index in [-0.39, 0.29) is 6.04 Å². The van der Waals surface area contributed by atoms with Gasteiger partial charge in [0, 0.05) is 12.6 Å². The van der Waals surface area contributed by atoms with E-state index >= 15 is 0 Å². The van der Waals surface area contributed by atoms with Crippen molar-refractivity contribution in [1.29, 1.82) is 0 Å². The summed E-state index contributed by atoms with van der Waals surface area (Å²) in [5.41, 5.74) is 0.727. The zero-order valence-electron chi connectivity index (χ0n) is 12.5. The van der Waals surface area contributed by atoms with E-state index in [0.717, 1.165) is 31.0 Å². The maximum atomic E-state index is 12.4. The van der Waals surface area contributed by atoms with Crippen LogP contribution < -0.4 is 10.0 Å². The Hall–Kier alpha value is -1.07. The monoisotopic (exact) mass is 308 g/mol. The summed E-state index contributed by atoms with van der Waals surface area (Å²) in [5, 5.41) is 3.37. The van der Waals surface area contributed by atoms with Crippen LogP contribution in [-0.4, -0.2) is 21.0 Å². The summed E-state index contributed by atoms with van der Waals surface area (Å²) in [6.45, 7) is 3.15. The number of rotatable bonds is 6. The first-order valence-electron chi connectivity index (χ1n) is 7.91. The molecule has 1 aromatic carbocycles. The van der Waals surface area contributed by atoms with Crippen LogP contribution in [0.5, 0.6) is 0 Å². The second-order valence-electron chi connectivity index (χ2n) is 6.44. The first kappa shape index (κ1) is 14.9. The lowest BCUT2D eigenvalue weighted by atomic mass is 9.98. The number of hydrogen-bond acceptors (Lipinski definition) is 3. The van der Waals surface area contributed by atoms with Gasteiger partial charge in [0.1, 0.15) is 4.90 Å². The Kier molecular flexibility index (Phi) is 4.22. The van der Waals surface area contributed by atoms with E-state index in [0.29, 0.717) is 10.8 Å². The van der Waals surface area contributed by atoms with Gasteiger partial charge in [0.2, 0.25) is 10.0 Å². The van der Waals surface area contributed by atoms with E-state index in [4.69, 9.17) is 0 Å². The molecule has 2 aliphatic rings. The van der Waals surface area contributed by atoms with Gasteiger partial charge in [0.25, 0.3) is 0 Å². The standard InChI is InChI=1S/C16H24N2O2S/c1-12-5-4-6-13(12)11-17-15-7-2-3-8-16(15)21(19,20)18-14-9-10-14/h2-3,7-8,12-14,17-18H,4-6,9-11H2,1H3. The largest absolute Gasteiger partial charge is 0.384 e. The Morgan fingerprint density at radius 3 is 2.57 bits per heavy atom. The van der Waals surface area contributed by atoms with Crippen molar-refractivity contribution in [1.82, 2.24) is 4.72 Å². The summed E-state index contributed by atoms with van der Waals surface area (Å²) in [6.07, 6.45) is 5.72. The molecule has 0 bridgehead atoms. The number of benzene rings is 1. The van der Waals surface area contributed by atoms with Gasteiger partial charge in [0.05, 0.1) is 5.69 Å². The highest BCUT2D eigenvalue weighted by atomic mass is 32.2. The summed E-state index contributed by atoms with van der Waals surface area (Å²) < 4.78 is 27.6. The molecular formula is C16H24N2O2S. The molecule has 2 saturated carbocycles. The van der Waals surface area contributed by atoms with E-state index in [9.17, 15) is 8.42 Å². The van der Waals surface area contributed by atoms with Crippen molar-refractivity contribution in [2.45, 2.75) is 50.0 Å². The zero-order chi connectivity index (χ0) is 14.9. The van der Waals surface area contributed by atoms with Crippen molar-refractivity contribution in [2.75, 3.05) is 11.9 Å². The maximum Gasteiger partial charge on any atom is 0.242 e. The fourth-order valence-electron chi connectivity index (χ4n) is 3.10. The molecule has 0 heterocycles. The number of hydrogen-bond donors (Lipinski definition) is 2. The minimum Gasteiger partial charge on any atom is -0.384 e. The highest BCUT2D eigenvalue weighted by Crippen LogP contribution is 2.32. The third-order valence-corrected chi connectivity index (χ3v) is 6.25. The third kappa shape index (κ3) is 3.58. The minimum atomic E-state index is -3.40. The molecule has 0 amide bonds. The molecule has 0 saturated heterocycles. The average molecular weight is 308 g/mol. The molecule has 0 radical (unpaired) electrons. The van der Waals surface area contributed by atoms with E-state index in [1.807, 2.05) is 12.1 Å². The summed E-state index contributed by atoms with van der Waals surface area (Å²) in [7, 11) is -3.40. The van der Waals surface area contributed by atoms with Gasteiger partial charge in [-0.15, -0.1) is 0 Å². The van der Waals surface area contributed by atoms with Crippen LogP contribution in [0.25, 0.3) is 0 Å². The second-order valence-corrected chi connectivity index (χ2v) is 8.12. The number of anilines is 1. The maximum absolute atomic E-state index is 12.4. The Bertz CT molecular complexity index is 596. The Morgan fingerprint density at radius 2 is 1.90 bits per heavy atom. The molecule has 2 aliphatic carbocycles. The fourth-order valence-corrected chi connectivity index (χ4v) is 4.59. The van der Waals surface area contributed by atoms with Crippen LogP contribution in [0.3, 0.4) is 0 Å². The van der Waals surface area contributed by atoms with E-state index in [1.165, 1.54) is 19.3 Å². The van der Waals surface area contributed by atoms with Gasteiger partial charge < -0.3 is 5.32 Å². The van der Waals surface area contributed by atoms with Crippen molar-refractivity contribution in [3.63, 3.8) is 0 Å². The number of nitrogens with one attached hydrogen (secondary N) is 2. The smallest absolute Gasteiger partial charge is 0.242 e. The van der Waals surface area contributed by atoms with Gasteiger partial charge in [-0.1, -0.05) is 31.9 Å². The molecule has 2 fully saturated rings. The Labute approximate surface area is 127 Å². The molecule has 3 rings (SSSR count). The topological polar surface area (TPSA) is 58.2 Å². The van der Waals surface area contributed by atoms with E-state index < -0.39 is 10.0 Å². The van der Waals surface area contributed by atoms with Crippen LogP contribution in [0, 0.1) is 11.8 Å². The summed E-state index contributed by atoms with van der Waals surface area (Å²) >= 11 is 0. The molecule has 0 aliphatic heterocycles. The van der Waals surface area contributed by atoms with Crippen LogP contribution in [0.1, 0.15) is 39.0 Å². The van der Waals surface area contributed by atoms with Crippen molar-refractivity contribution < 1.29 is 8.42 Å². The molecule has 4 nitrogen and oxygen atoms in total. The molecular weight excluding hydrogens is 284 g/mol. The molecule has 21 heavy (non-hydrogen) atoms. The molecule has 0 spiro atoms. The van der Waals surface area contributed by atoms with Gasteiger partial charge in [-0.05, 0) is 43.2 Å². The Morgan fingerprint density at radius 1 is 1.14 bits per heavy atom. The summed E-state index contributed by atoms with van der Waals surface area (Å²) in [4.78, 5) is 0.377. The van der Waals surface area contributed by atoms with E-state index in [2.05, 4.69) is 17.0 Å². The lowest BCUT2D eigenvalue weighted by molar-refractivity contribution is 0.439. The molecule has 2 unspecified atom stereocenters. The third-order valence-electron chi connectivity index (χ3n) is 4.67. The number of para-hydroxylation sites is 1. The minimum absolute atomic E-state index is 0.137. The lowest BCUT2D eigenvalue weighted by Crippen LogP contribution is -2.27. The molecule has 2 N–H and O–H groups in total. The first-order chi connectivity index (χ1) is 10.1. The van der Waals surface area contributed by atoms with Crippen LogP contribution in [0.4, 0.5) is 5.69 Å². The van der Waals surface area contributed by atoms with Gasteiger partial charge in [-0.25, -0.2) is 13.1 Å². The normalized spacial score (nSPS) is 26.0. The predicted octanol–water partition coefficient (Wildman–Crippen LogP) is 2.98. The summed E-state index contributed by atoms with van der Waals surface area (Å²) in [5.74, 6) is 1.38. The molecule has 5 heteroatoms. The molecule has 116 valence electrons. The average Bonchev–Trinajstić information content (AvgIpc) is 3.16. The highest BCUT2D eigenvalue weighted by molar-refractivity contribution is 7.89. The lowest BCUT2D eigenvalue weighted by Gasteiger charge is -2.18. The van der Waals surface area contributed by atoms with Gasteiger partial charge in [0.15, 0.2) is 0 Å². The fraction of sp³-hybridized carbons (Fsp3) is 0.625. The van der Waals surface area contributed by atoms with Crippen molar-refractivity contribution in [2.24, 2.45) is 11.8 Å². The second kappa shape index (κ2) is 5.97. The van der Waals surface area contributed by atoms with Crippen LogP contribution in [0.2, 0.25) is 0 Å². The van der Waals surface area contributed by atoms with E-state index in [1.54, 1.807) is 12.1 Å². The quantitative estimate of drug-likeness (QED) is 0.849. The van der Waals surface area contributed by atoms with Crippen molar-refractivity contribution in [3.8, 4) is 0 Å². The van der Waals surface area contributed by atoms with Gasteiger partial charge in [-0.3, -0.25) is 0 Å². The van der Waals surface area contributed by atoms with Gasteiger partial charge >= 0.3 is 0 Å². The van der Waals surface area contributed by atoms with Crippen LogP contribution in [0.15, 0.2) is 29.2 Å².